The Kier molecular flexibility index (Phi) is 6.99. The fourth-order valence-corrected chi connectivity index (χ4v) is 4.09. The summed E-state index contributed by atoms with van der Waals surface area (Å²) in [5.74, 6) is 0.797. The first-order valence-electron chi connectivity index (χ1n) is 11.0. The van der Waals surface area contributed by atoms with E-state index in [0.29, 0.717) is 29.2 Å². The van der Waals surface area contributed by atoms with Crippen LogP contribution in [0.1, 0.15) is 33.6 Å². The molecule has 0 atom stereocenters. The standard InChI is InChI=1S/C27H27ClN2O3/c1-29(2)26(31)22-5-3-4-21(18-22)19-6-8-20(9-7-19)27(32)30-16-14-25(15-17-30)33-24-12-10-23(28)11-13-24/h3-13,18,25H,14-17H2,1-2H3. The number of benzene rings is 3. The fourth-order valence-electron chi connectivity index (χ4n) is 3.96. The molecule has 6 heteroatoms. The second-order valence-electron chi connectivity index (χ2n) is 8.42. The normalized spacial score (nSPS) is 14.1. The number of amides is 2. The van der Waals surface area contributed by atoms with Crippen LogP contribution in [0.5, 0.6) is 5.75 Å². The smallest absolute Gasteiger partial charge is 0.253 e. The SMILES string of the molecule is CN(C)C(=O)c1cccc(-c2ccc(C(=O)N3CCC(Oc4ccc(Cl)cc4)CC3)cc2)c1. The molecule has 0 aliphatic carbocycles. The molecule has 1 saturated heterocycles. The summed E-state index contributed by atoms with van der Waals surface area (Å²) >= 11 is 5.93. The number of ether oxygens (including phenoxy) is 1. The van der Waals surface area contributed by atoms with E-state index < -0.39 is 0 Å². The molecule has 4 rings (SSSR count). The highest BCUT2D eigenvalue weighted by atomic mass is 35.5. The highest BCUT2D eigenvalue weighted by Crippen LogP contribution is 2.24. The zero-order chi connectivity index (χ0) is 23.4. The predicted octanol–water partition coefficient (Wildman–Crippen LogP) is 5.39. The molecule has 33 heavy (non-hydrogen) atoms. The Morgan fingerprint density at radius 3 is 2.18 bits per heavy atom. The van der Waals surface area contributed by atoms with Gasteiger partial charge in [0.1, 0.15) is 11.9 Å². The van der Waals surface area contributed by atoms with Crippen molar-refractivity contribution in [2.24, 2.45) is 0 Å². The van der Waals surface area contributed by atoms with Crippen molar-refractivity contribution < 1.29 is 14.3 Å². The lowest BCUT2D eigenvalue weighted by atomic mass is 10.0. The molecule has 0 saturated carbocycles. The van der Waals surface area contributed by atoms with Crippen molar-refractivity contribution in [1.82, 2.24) is 9.80 Å². The molecular weight excluding hydrogens is 436 g/mol. The lowest BCUT2D eigenvalue weighted by molar-refractivity contribution is 0.0595. The van der Waals surface area contributed by atoms with Gasteiger partial charge < -0.3 is 14.5 Å². The third-order valence-corrected chi connectivity index (χ3v) is 6.08. The number of carbonyl (C=O) groups is 2. The molecular formula is C27H27ClN2O3. The number of likely N-dealkylation sites (tertiary alicyclic amines) is 1. The highest BCUT2D eigenvalue weighted by molar-refractivity contribution is 6.30. The first kappa shape index (κ1) is 22.9. The van der Waals surface area contributed by atoms with Gasteiger partial charge in [-0.05, 0) is 59.7 Å². The van der Waals surface area contributed by atoms with Gasteiger partial charge in [-0.1, -0.05) is 35.9 Å². The van der Waals surface area contributed by atoms with E-state index in [1.54, 1.807) is 19.0 Å². The average Bonchev–Trinajstić information content (AvgIpc) is 2.85. The lowest BCUT2D eigenvalue weighted by Gasteiger charge is -2.32. The van der Waals surface area contributed by atoms with Crippen molar-refractivity contribution in [3.63, 3.8) is 0 Å². The molecule has 0 aromatic heterocycles. The molecule has 0 bridgehead atoms. The van der Waals surface area contributed by atoms with Gasteiger partial charge in [-0.15, -0.1) is 0 Å². The molecule has 170 valence electrons. The maximum absolute atomic E-state index is 13.0. The molecule has 0 spiro atoms. The number of hydrogen-bond acceptors (Lipinski definition) is 3. The van der Waals surface area contributed by atoms with Crippen LogP contribution in [0.3, 0.4) is 0 Å². The minimum Gasteiger partial charge on any atom is -0.490 e. The summed E-state index contributed by atoms with van der Waals surface area (Å²) in [6, 6.07) is 22.5. The summed E-state index contributed by atoms with van der Waals surface area (Å²) < 4.78 is 6.03. The number of hydrogen-bond donors (Lipinski definition) is 0. The Hall–Kier alpha value is -3.31. The van der Waals surface area contributed by atoms with Crippen molar-refractivity contribution in [3.05, 3.63) is 88.9 Å². The Balaban J connectivity index is 1.37. The van der Waals surface area contributed by atoms with Crippen LogP contribution in [0, 0.1) is 0 Å². The third-order valence-electron chi connectivity index (χ3n) is 5.83. The Morgan fingerprint density at radius 1 is 0.879 bits per heavy atom. The van der Waals surface area contributed by atoms with Gasteiger partial charge in [-0.2, -0.15) is 0 Å². The van der Waals surface area contributed by atoms with E-state index in [1.807, 2.05) is 77.7 Å². The van der Waals surface area contributed by atoms with Crippen molar-refractivity contribution in [2.75, 3.05) is 27.2 Å². The number of carbonyl (C=O) groups excluding carboxylic acids is 2. The monoisotopic (exact) mass is 462 g/mol. The summed E-state index contributed by atoms with van der Waals surface area (Å²) in [6.07, 6.45) is 1.67. The van der Waals surface area contributed by atoms with Crippen molar-refractivity contribution >= 4 is 23.4 Å². The number of rotatable bonds is 5. The van der Waals surface area contributed by atoms with Gasteiger partial charge in [-0.3, -0.25) is 9.59 Å². The maximum Gasteiger partial charge on any atom is 0.253 e. The van der Waals surface area contributed by atoms with Crippen LogP contribution in [0.4, 0.5) is 0 Å². The molecule has 5 nitrogen and oxygen atoms in total. The average molecular weight is 463 g/mol. The zero-order valence-corrected chi connectivity index (χ0v) is 19.6. The molecule has 1 aliphatic rings. The van der Waals surface area contributed by atoms with Crippen LogP contribution >= 0.6 is 11.6 Å². The van der Waals surface area contributed by atoms with Gasteiger partial charge in [0.15, 0.2) is 0 Å². The minimum absolute atomic E-state index is 0.0306. The topological polar surface area (TPSA) is 49.9 Å². The second-order valence-corrected chi connectivity index (χ2v) is 8.86. The Bertz CT molecular complexity index is 1120. The first-order chi connectivity index (χ1) is 15.9. The van der Waals surface area contributed by atoms with Gasteiger partial charge in [-0.25, -0.2) is 0 Å². The Labute approximate surface area is 199 Å². The van der Waals surface area contributed by atoms with Crippen LogP contribution in [-0.2, 0) is 0 Å². The number of nitrogens with zero attached hydrogens (tertiary/aromatic N) is 2. The summed E-state index contributed by atoms with van der Waals surface area (Å²) in [5.41, 5.74) is 3.22. The van der Waals surface area contributed by atoms with E-state index in [4.69, 9.17) is 16.3 Å². The molecule has 1 aliphatic heterocycles. The van der Waals surface area contributed by atoms with Crippen LogP contribution in [0.2, 0.25) is 5.02 Å². The predicted molar refractivity (Wildman–Crippen MR) is 131 cm³/mol. The van der Waals surface area contributed by atoms with E-state index in [0.717, 1.165) is 29.7 Å². The van der Waals surface area contributed by atoms with Gasteiger partial charge in [0, 0.05) is 56.2 Å². The molecule has 0 radical (unpaired) electrons. The van der Waals surface area contributed by atoms with Crippen LogP contribution < -0.4 is 4.74 Å². The largest absolute Gasteiger partial charge is 0.490 e. The van der Waals surface area contributed by atoms with Gasteiger partial charge in [0.2, 0.25) is 0 Å². The second kappa shape index (κ2) is 10.1. The van der Waals surface area contributed by atoms with Crippen molar-refractivity contribution in [2.45, 2.75) is 18.9 Å². The van der Waals surface area contributed by atoms with Gasteiger partial charge in [0.25, 0.3) is 11.8 Å². The maximum atomic E-state index is 13.0. The van der Waals surface area contributed by atoms with Gasteiger partial charge >= 0.3 is 0 Å². The van der Waals surface area contributed by atoms with E-state index in [-0.39, 0.29) is 17.9 Å². The third kappa shape index (κ3) is 5.55. The number of halogens is 1. The summed E-state index contributed by atoms with van der Waals surface area (Å²) in [4.78, 5) is 28.7. The highest BCUT2D eigenvalue weighted by Gasteiger charge is 2.24. The van der Waals surface area contributed by atoms with Crippen LogP contribution in [0.25, 0.3) is 11.1 Å². The molecule has 2 amide bonds. The van der Waals surface area contributed by atoms with Crippen molar-refractivity contribution in [3.8, 4) is 16.9 Å². The minimum atomic E-state index is -0.0351. The number of piperidine rings is 1. The van der Waals surface area contributed by atoms with Gasteiger partial charge in [0.05, 0.1) is 0 Å². The summed E-state index contributed by atoms with van der Waals surface area (Å²) in [5, 5.41) is 0.684. The quantitative estimate of drug-likeness (QED) is 0.510. The molecule has 1 fully saturated rings. The van der Waals surface area contributed by atoms with E-state index in [2.05, 4.69) is 0 Å². The lowest BCUT2D eigenvalue weighted by Crippen LogP contribution is -2.41. The van der Waals surface area contributed by atoms with E-state index >= 15 is 0 Å². The molecule has 3 aromatic carbocycles. The first-order valence-corrected chi connectivity index (χ1v) is 11.4. The molecule has 3 aromatic rings. The zero-order valence-electron chi connectivity index (χ0n) is 18.8. The fraction of sp³-hybridized carbons (Fsp3) is 0.259. The van der Waals surface area contributed by atoms with Crippen LogP contribution in [0.15, 0.2) is 72.8 Å². The van der Waals surface area contributed by atoms with Crippen molar-refractivity contribution in [1.29, 1.82) is 0 Å². The molecule has 1 heterocycles. The molecule has 0 unspecified atom stereocenters. The van der Waals surface area contributed by atoms with Crippen LogP contribution in [-0.4, -0.2) is 54.9 Å². The Morgan fingerprint density at radius 2 is 1.55 bits per heavy atom. The molecule has 0 N–H and O–H groups in total. The summed E-state index contributed by atoms with van der Waals surface area (Å²) in [7, 11) is 3.48. The van der Waals surface area contributed by atoms with E-state index in [9.17, 15) is 9.59 Å². The summed E-state index contributed by atoms with van der Waals surface area (Å²) in [6.45, 7) is 1.32. The van der Waals surface area contributed by atoms with E-state index in [1.165, 1.54) is 0 Å².